The number of benzene rings is 10. The van der Waals surface area contributed by atoms with Gasteiger partial charge < -0.3 is 14.2 Å². The molecule has 0 aliphatic carbocycles. The Morgan fingerprint density at radius 1 is 0.297 bits per heavy atom. The van der Waals surface area contributed by atoms with Crippen molar-refractivity contribution in [3.8, 4) is 33.4 Å². The molecule has 3 nitrogen and oxygen atoms in total. The molecule has 12 aromatic rings. The minimum Gasteiger partial charge on any atom is -0.456 e. The highest BCUT2D eigenvalue weighted by molar-refractivity contribution is 7.26. The first kappa shape index (κ1) is 37.6. The molecule has 0 N–H and O–H groups in total. The van der Waals surface area contributed by atoms with Gasteiger partial charge in [0.1, 0.15) is 11.2 Å². The summed E-state index contributed by atoms with van der Waals surface area (Å²) >= 11 is 1.87. The lowest BCUT2D eigenvalue weighted by molar-refractivity contribution is 0.669. The molecule has 0 saturated heterocycles. The van der Waals surface area contributed by atoms with E-state index in [2.05, 4.69) is 240 Å². The SMILES string of the molecule is c1ccc(-c2cc(-c3ccc4oc5ccccc5c4c3)ccc2N(c2ccccc2)c2cc3sc4c(-c5ccccc5)cccc4c3cc2N(c2ccccc2)c2ccccc2)cc1. The fraction of sp³-hybridized carbons (Fsp3) is 0. The summed E-state index contributed by atoms with van der Waals surface area (Å²) in [6.45, 7) is 0. The molecule has 64 heavy (non-hydrogen) atoms. The van der Waals surface area contributed by atoms with Crippen molar-refractivity contribution in [1.82, 2.24) is 0 Å². The molecule has 0 amide bonds. The number of thiophene rings is 1. The van der Waals surface area contributed by atoms with Crippen LogP contribution in [-0.2, 0) is 0 Å². The number of fused-ring (bicyclic) bond motifs is 6. The summed E-state index contributed by atoms with van der Waals surface area (Å²) < 4.78 is 8.75. The van der Waals surface area contributed by atoms with E-state index in [1.807, 2.05) is 23.5 Å². The summed E-state index contributed by atoms with van der Waals surface area (Å²) in [4.78, 5) is 4.88. The second-order valence-electron chi connectivity index (χ2n) is 16.1. The fourth-order valence-corrected chi connectivity index (χ4v) is 10.5. The second-order valence-corrected chi connectivity index (χ2v) is 17.1. The van der Waals surface area contributed by atoms with Crippen LogP contribution in [0.5, 0.6) is 0 Å². The van der Waals surface area contributed by atoms with E-state index in [9.17, 15) is 0 Å². The van der Waals surface area contributed by atoms with Crippen LogP contribution in [0.25, 0.3) is 75.5 Å². The van der Waals surface area contributed by atoms with Gasteiger partial charge in [0.05, 0.1) is 17.1 Å². The predicted octanol–water partition coefficient (Wildman–Crippen LogP) is 17.9. The highest BCUT2D eigenvalue weighted by Gasteiger charge is 2.27. The third-order valence-corrected chi connectivity index (χ3v) is 13.4. The molecule has 4 heteroatoms. The third kappa shape index (κ3) is 6.60. The average molecular weight is 837 g/mol. The lowest BCUT2D eigenvalue weighted by atomic mass is 9.95. The van der Waals surface area contributed by atoms with Crippen LogP contribution in [0.15, 0.2) is 247 Å². The second kappa shape index (κ2) is 15.9. The summed E-state index contributed by atoms with van der Waals surface area (Å²) in [7, 11) is 0. The lowest BCUT2D eigenvalue weighted by Gasteiger charge is -2.34. The summed E-state index contributed by atoms with van der Waals surface area (Å²) in [5, 5.41) is 4.71. The number of furan rings is 1. The molecule has 2 aromatic heterocycles. The van der Waals surface area contributed by atoms with Crippen molar-refractivity contribution in [2.45, 2.75) is 0 Å². The van der Waals surface area contributed by atoms with E-state index in [1.165, 1.54) is 31.3 Å². The number of hydrogen-bond acceptors (Lipinski definition) is 4. The van der Waals surface area contributed by atoms with Gasteiger partial charge in [-0.25, -0.2) is 0 Å². The van der Waals surface area contributed by atoms with Gasteiger partial charge in [-0.1, -0.05) is 164 Å². The zero-order valence-corrected chi connectivity index (χ0v) is 35.6. The molecule has 10 aromatic carbocycles. The van der Waals surface area contributed by atoms with E-state index in [1.54, 1.807) is 0 Å². The van der Waals surface area contributed by atoms with Gasteiger partial charge in [-0.05, 0) is 107 Å². The summed E-state index contributed by atoms with van der Waals surface area (Å²) in [6, 6.07) is 87.3. The van der Waals surface area contributed by atoms with Crippen molar-refractivity contribution in [3.05, 3.63) is 243 Å². The first-order valence-electron chi connectivity index (χ1n) is 21.7. The Hall–Kier alpha value is -8.18. The molecule has 0 spiro atoms. The van der Waals surface area contributed by atoms with Crippen LogP contribution in [-0.4, -0.2) is 0 Å². The quantitative estimate of drug-likeness (QED) is 0.144. The van der Waals surface area contributed by atoms with Gasteiger partial charge in [-0.3, -0.25) is 0 Å². The maximum atomic E-state index is 6.25. The van der Waals surface area contributed by atoms with Crippen molar-refractivity contribution in [2.75, 3.05) is 9.80 Å². The Bertz CT molecular complexity index is 3560. The van der Waals surface area contributed by atoms with Crippen molar-refractivity contribution in [2.24, 2.45) is 0 Å². The highest BCUT2D eigenvalue weighted by Crippen LogP contribution is 2.52. The number of hydrogen-bond donors (Lipinski definition) is 0. The van der Waals surface area contributed by atoms with E-state index < -0.39 is 0 Å². The molecule has 0 unspecified atom stereocenters. The third-order valence-electron chi connectivity index (χ3n) is 12.2. The molecule has 0 radical (unpaired) electrons. The summed E-state index contributed by atoms with van der Waals surface area (Å²) in [6.07, 6.45) is 0. The van der Waals surface area contributed by atoms with Gasteiger partial charge in [0.2, 0.25) is 0 Å². The Labute approximate surface area is 376 Å². The molecule has 0 saturated carbocycles. The largest absolute Gasteiger partial charge is 0.456 e. The van der Waals surface area contributed by atoms with Crippen LogP contribution < -0.4 is 9.80 Å². The first-order valence-corrected chi connectivity index (χ1v) is 22.5. The minimum atomic E-state index is 0.890. The number of rotatable bonds is 9. The average Bonchev–Trinajstić information content (AvgIpc) is 3.93. The van der Waals surface area contributed by atoms with Gasteiger partial charge in [0, 0.05) is 53.6 Å². The van der Waals surface area contributed by atoms with Gasteiger partial charge in [0.15, 0.2) is 0 Å². The molecule has 0 aliphatic rings. The normalized spacial score (nSPS) is 11.4. The van der Waals surface area contributed by atoms with E-state index in [-0.39, 0.29) is 0 Å². The van der Waals surface area contributed by atoms with Gasteiger partial charge in [-0.15, -0.1) is 11.3 Å². The summed E-state index contributed by atoms with van der Waals surface area (Å²) in [5.41, 5.74) is 15.2. The van der Waals surface area contributed by atoms with Crippen molar-refractivity contribution < 1.29 is 4.42 Å². The van der Waals surface area contributed by atoms with Gasteiger partial charge >= 0.3 is 0 Å². The van der Waals surface area contributed by atoms with E-state index in [4.69, 9.17) is 4.42 Å². The zero-order valence-electron chi connectivity index (χ0n) is 34.8. The molecule has 2 heterocycles. The molecule has 0 fully saturated rings. The Morgan fingerprint density at radius 3 is 1.48 bits per heavy atom. The Kier molecular flexibility index (Phi) is 9.36. The van der Waals surface area contributed by atoms with E-state index >= 15 is 0 Å². The number of nitrogens with zero attached hydrogens (tertiary/aromatic N) is 2. The van der Waals surface area contributed by atoms with Gasteiger partial charge in [-0.2, -0.15) is 0 Å². The highest BCUT2D eigenvalue weighted by atomic mass is 32.1. The van der Waals surface area contributed by atoms with Crippen LogP contribution in [0.2, 0.25) is 0 Å². The van der Waals surface area contributed by atoms with Crippen LogP contribution in [0.3, 0.4) is 0 Å². The molecule has 12 rings (SSSR count). The standard InChI is InChI=1S/C60H40N2OS/c1-6-19-41(20-7-1)48-30-18-31-50-53-39-55(61(45-23-10-3-11-24-45)46-25-12-4-13-26-46)56(40-59(53)64-60(48)50)62(47-27-14-5-15-28-47)54-35-33-43(37-51(54)42-21-8-2-9-22-42)44-34-36-58-52(38-44)49-29-16-17-32-57(49)63-58/h1-40H. The zero-order chi connectivity index (χ0) is 42.4. The van der Waals surface area contributed by atoms with E-state index in [0.717, 1.165) is 78.3 Å². The van der Waals surface area contributed by atoms with E-state index in [0.29, 0.717) is 0 Å². The fourth-order valence-electron chi connectivity index (χ4n) is 9.26. The monoisotopic (exact) mass is 836 g/mol. The van der Waals surface area contributed by atoms with Crippen LogP contribution in [0, 0.1) is 0 Å². The molecular weight excluding hydrogens is 797 g/mol. The smallest absolute Gasteiger partial charge is 0.135 e. The Morgan fingerprint density at radius 2 is 0.812 bits per heavy atom. The molecule has 0 bridgehead atoms. The molecule has 0 aliphatic heterocycles. The Balaban J connectivity index is 1.15. The van der Waals surface area contributed by atoms with Gasteiger partial charge in [0.25, 0.3) is 0 Å². The van der Waals surface area contributed by atoms with Crippen molar-refractivity contribution >= 4 is 87.6 Å². The van der Waals surface area contributed by atoms with Crippen LogP contribution >= 0.6 is 11.3 Å². The van der Waals surface area contributed by atoms with Crippen molar-refractivity contribution in [3.63, 3.8) is 0 Å². The maximum Gasteiger partial charge on any atom is 0.135 e. The number of para-hydroxylation sites is 4. The first-order chi connectivity index (χ1) is 31.7. The van der Waals surface area contributed by atoms with Crippen LogP contribution in [0.1, 0.15) is 0 Å². The molecule has 0 atom stereocenters. The van der Waals surface area contributed by atoms with Crippen LogP contribution in [0.4, 0.5) is 34.1 Å². The molecule has 302 valence electrons. The lowest BCUT2D eigenvalue weighted by Crippen LogP contribution is -2.17. The predicted molar refractivity (Wildman–Crippen MR) is 272 cm³/mol. The van der Waals surface area contributed by atoms with Crippen molar-refractivity contribution in [1.29, 1.82) is 0 Å². The minimum absolute atomic E-state index is 0.890. The topological polar surface area (TPSA) is 19.6 Å². The maximum absolute atomic E-state index is 6.25. The number of anilines is 6. The molecular formula is C60H40N2OS. The summed E-state index contributed by atoms with van der Waals surface area (Å²) in [5.74, 6) is 0.